The highest BCUT2D eigenvalue weighted by Crippen LogP contribution is 2.56. The van der Waals surface area contributed by atoms with Crippen LogP contribution in [0.2, 0.25) is 0 Å². The lowest BCUT2D eigenvalue weighted by atomic mass is 9.83. The Balaban J connectivity index is 1.49. The lowest BCUT2D eigenvalue weighted by molar-refractivity contribution is 0.448. The zero-order chi connectivity index (χ0) is 47.3. The van der Waals surface area contributed by atoms with Gasteiger partial charge in [-0.15, -0.1) is 56.7 Å². The molecule has 7 rings (SSSR count). The second-order valence-corrected chi connectivity index (χ2v) is 26.5. The number of nitrogens with zero attached hydrogens (tertiary/aromatic N) is 1. The molecular weight excluding hydrogens is 895 g/mol. The summed E-state index contributed by atoms with van der Waals surface area (Å²) in [5, 5.41) is 7.90. The summed E-state index contributed by atoms with van der Waals surface area (Å²) >= 11 is 10.3. The molecule has 0 radical (unpaired) electrons. The number of aromatic nitrogens is 1. The molecule has 0 aliphatic carbocycles. The van der Waals surface area contributed by atoms with E-state index in [1.165, 1.54) is 169 Å². The van der Waals surface area contributed by atoms with Gasteiger partial charge in [0.2, 0.25) is 0 Å². The predicted octanol–water partition coefficient (Wildman–Crippen LogP) is 20.3. The lowest BCUT2D eigenvalue weighted by Crippen LogP contribution is -2.26. The van der Waals surface area contributed by atoms with Crippen molar-refractivity contribution in [3.8, 4) is 30.6 Å². The second kappa shape index (κ2) is 22.5. The Bertz CT molecular complexity index is 2670. The first-order valence-corrected chi connectivity index (χ1v) is 30.4. The van der Waals surface area contributed by atoms with Crippen molar-refractivity contribution in [1.29, 1.82) is 0 Å². The molecule has 2 unspecified atom stereocenters. The zero-order valence-electron chi connectivity index (χ0n) is 43.0. The Morgan fingerprint density at radius 2 is 1.06 bits per heavy atom. The first-order valence-electron chi connectivity index (χ1n) is 26.3. The standard InChI is InChI=1S/C60H83NS5/c1-14-21-24-25-26-27-34-61-39(8)51-52(40(61)9)58(59(10,11)12)66-57(51)49-37-45-53(47-32-30-43(62-47)35-41(17-4)28-22-15-2)56-46(38-50(65-56)60(13,19-6)20-7)54(55(45)64-49)48-33-31-44(63-48)36-42(18-5)29-23-16-3/h30-33,37-38,41-42H,8-9,14-29,34-36H2,1-7,10-13H3. The maximum Gasteiger partial charge on any atom is 0.0546 e. The minimum atomic E-state index is -0.00864. The molecule has 0 fully saturated rings. The van der Waals surface area contributed by atoms with Gasteiger partial charge in [-0.2, -0.15) is 0 Å². The third-order valence-corrected chi connectivity index (χ3v) is 21.9. The Kier molecular flexibility index (Phi) is 17.5. The summed E-state index contributed by atoms with van der Waals surface area (Å²) in [5.74, 6) is 1.50. The normalized spacial score (nSPS) is 13.6. The first-order chi connectivity index (χ1) is 31.7. The molecule has 0 aliphatic heterocycles. The van der Waals surface area contributed by atoms with Gasteiger partial charge in [0.25, 0.3) is 0 Å². The highest BCUT2D eigenvalue weighted by Gasteiger charge is 2.31. The highest BCUT2D eigenvalue weighted by atomic mass is 32.1. The van der Waals surface area contributed by atoms with Crippen LogP contribution in [0, 0.1) is 11.8 Å². The van der Waals surface area contributed by atoms with E-state index in [1.807, 2.05) is 11.3 Å². The SMILES string of the molecule is C=c1c2c(-c3cc4c(-c5ccc(CC(CC)CCCC)s5)c5sc(C(C)(CC)CC)cc5c(-c5ccc(CC(CC)CCCC)s5)c4s3)sc(C(C)(C)C)c2c(=C)n1CCCCCCCC. The summed E-state index contributed by atoms with van der Waals surface area (Å²) in [6.45, 7) is 37.0. The van der Waals surface area contributed by atoms with Crippen molar-refractivity contribution in [3.05, 3.63) is 66.6 Å². The summed E-state index contributed by atoms with van der Waals surface area (Å²) in [6, 6.07) is 15.2. The molecule has 0 amide bonds. The summed E-state index contributed by atoms with van der Waals surface area (Å²) in [7, 11) is 0. The van der Waals surface area contributed by atoms with Crippen LogP contribution in [0.3, 0.4) is 0 Å². The topological polar surface area (TPSA) is 4.93 Å². The monoisotopic (exact) mass is 978 g/mol. The van der Waals surface area contributed by atoms with Gasteiger partial charge in [0, 0.05) is 98.9 Å². The fraction of sp³-hybridized carbons (Fsp3) is 0.567. The fourth-order valence-corrected chi connectivity index (χ4v) is 17.2. The molecule has 358 valence electrons. The molecule has 66 heavy (non-hydrogen) atoms. The molecule has 6 aromatic heterocycles. The van der Waals surface area contributed by atoms with Crippen LogP contribution in [0.5, 0.6) is 0 Å². The van der Waals surface area contributed by atoms with E-state index in [2.05, 4.69) is 162 Å². The molecular formula is C60H83NS5. The van der Waals surface area contributed by atoms with Crippen molar-refractivity contribution in [2.24, 2.45) is 11.8 Å². The van der Waals surface area contributed by atoms with Crippen LogP contribution in [0.1, 0.15) is 198 Å². The van der Waals surface area contributed by atoms with Crippen LogP contribution in [0.15, 0.2) is 36.4 Å². The third kappa shape index (κ3) is 10.6. The van der Waals surface area contributed by atoms with E-state index >= 15 is 0 Å². The van der Waals surface area contributed by atoms with Gasteiger partial charge in [0.05, 0.1) is 4.88 Å². The maximum atomic E-state index is 4.89. The zero-order valence-corrected chi connectivity index (χ0v) is 47.0. The maximum absolute atomic E-state index is 4.89. The molecule has 0 N–H and O–H groups in total. The van der Waals surface area contributed by atoms with Crippen LogP contribution in [-0.2, 0) is 30.2 Å². The van der Waals surface area contributed by atoms with Gasteiger partial charge >= 0.3 is 0 Å². The smallest absolute Gasteiger partial charge is 0.0546 e. The van der Waals surface area contributed by atoms with E-state index in [4.69, 9.17) is 13.2 Å². The van der Waals surface area contributed by atoms with Crippen LogP contribution in [0.25, 0.3) is 74.7 Å². The van der Waals surface area contributed by atoms with Gasteiger partial charge in [0.15, 0.2) is 0 Å². The number of benzene rings is 1. The molecule has 0 saturated heterocycles. The minimum absolute atomic E-state index is 0.00864. The molecule has 0 bridgehead atoms. The summed E-state index contributed by atoms with van der Waals surface area (Å²) in [6.07, 6.45) is 22.7. The second-order valence-electron chi connectivity index (χ2n) is 21.1. The summed E-state index contributed by atoms with van der Waals surface area (Å²) < 4.78 is 5.41. The van der Waals surface area contributed by atoms with Gasteiger partial charge in [-0.25, -0.2) is 0 Å². The molecule has 6 heterocycles. The van der Waals surface area contributed by atoms with E-state index < -0.39 is 0 Å². The fourth-order valence-electron chi connectivity index (χ4n) is 10.4. The third-order valence-electron chi connectivity index (χ3n) is 15.3. The lowest BCUT2D eigenvalue weighted by Gasteiger charge is -2.24. The Hall–Kier alpha value is -2.48. The van der Waals surface area contributed by atoms with Crippen molar-refractivity contribution < 1.29 is 0 Å². The van der Waals surface area contributed by atoms with Crippen molar-refractivity contribution in [2.75, 3.05) is 0 Å². The average molecular weight is 979 g/mol. The van der Waals surface area contributed by atoms with E-state index in [1.54, 1.807) is 14.6 Å². The molecule has 0 saturated carbocycles. The number of thiophene rings is 5. The number of fused-ring (bicyclic) bond motifs is 3. The van der Waals surface area contributed by atoms with Crippen molar-refractivity contribution in [2.45, 2.75) is 209 Å². The van der Waals surface area contributed by atoms with Crippen LogP contribution in [-0.4, -0.2) is 4.57 Å². The van der Waals surface area contributed by atoms with E-state index in [-0.39, 0.29) is 10.8 Å². The quantitative estimate of drug-likeness (QED) is 0.0503. The van der Waals surface area contributed by atoms with E-state index in [0.29, 0.717) is 0 Å². The Morgan fingerprint density at radius 3 is 1.59 bits per heavy atom. The highest BCUT2D eigenvalue weighted by molar-refractivity contribution is 7.28. The number of rotatable bonds is 25. The molecule has 0 aliphatic rings. The molecule has 1 nitrogen and oxygen atoms in total. The Labute approximate surface area is 420 Å². The van der Waals surface area contributed by atoms with Gasteiger partial charge in [0.1, 0.15) is 0 Å². The predicted molar refractivity (Wildman–Crippen MR) is 307 cm³/mol. The summed E-state index contributed by atoms with van der Waals surface area (Å²) in [5.41, 5.74) is 3.07. The number of hydrogen-bond donors (Lipinski definition) is 0. The van der Waals surface area contributed by atoms with E-state index in [9.17, 15) is 0 Å². The van der Waals surface area contributed by atoms with Gasteiger partial charge in [-0.3, -0.25) is 0 Å². The average Bonchev–Trinajstić information content (AvgIpc) is 4.18. The minimum Gasteiger partial charge on any atom is -0.341 e. The van der Waals surface area contributed by atoms with E-state index in [0.717, 1.165) is 41.9 Å². The molecule has 0 spiro atoms. The van der Waals surface area contributed by atoms with Crippen LogP contribution >= 0.6 is 56.7 Å². The first kappa shape index (κ1) is 51.4. The van der Waals surface area contributed by atoms with Gasteiger partial charge in [-0.1, -0.05) is 173 Å². The van der Waals surface area contributed by atoms with Crippen molar-refractivity contribution in [3.63, 3.8) is 0 Å². The molecule has 1 aromatic carbocycles. The largest absolute Gasteiger partial charge is 0.341 e. The number of unbranched alkanes of at least 4 members (excludes halogenated alkanes) is 7. The van der Waals surface area contributed by atoms with Crippen LogP contribution in [0.4, 0.5) is 0 Å². The summed E-state index contributed by atoms with van der Waals surface area (Å²) in [4.78, 5) is 11.7. The molecule has 6 heteroatoms. The van der Waals surface area contributed by atoms with Crippen molar-refractivity contribution in [1.82, 2.24) is 4.57 Å². The van der Waals surface area contributed by atoms with Crippen LogP contribution < -0.4 is 10.7 Å². The molecule has 2 atom stereocenters. The number of hydrogen-bond acceptors (Lipinski definition) is 5. The van der Waals surface area contributed by atoms with Gasteiger partial charge < -0.3 is 4.57 Å². The van der Waals surface area contributed by atoms with Crippen molar-refractivity contribution >= 4 is 101 Å². The van der Waals surface area contributed by atoms with Gasteiger partial charge in [-0.05, 0) is 85.8 Å². The molecule has 7 aromatic rings. The Morgan fingerprint density at radius 1 is 0.545 bits per heavy atom.